The van der Waals surface area contributed by atoms with Gasteiger partial charge in [0.25, 0.3) is 5.91 Å². The highest BCUT2D eigenvalue weighted by molar-refractivity contribution is 6.06. The van der Waals surface area contributed by atoms with Crippen LogP contribution in [-0.2, 0) is 6.54 Å². The summed E-state index contributed by atoms with van der Waals surface area (Å²) in [6.07, 6.45) is 3.33. The Morgan fingerprint density at radius 3 is 2.43 bits per heavy atom. The van der Waals surface area contributed by atoms with Crippen LogP contribution in [0.5, 0.6) is 17.2 Å². The van der Waals surface area contributed by atoms with Gasteiger partial charge in [-0.3, -0.25) is 9.89 Å². The Hall–Kier alpha value is -5.89. The van der Waals surface area contributed by atoms with Gasteiger partial charge in [-0.05, 0) is 35.9 Å². The van der Waals surface area contributed by atoms with Gasteiger partial charge in [-0.1, -0.05) is 30.3 Å². The second kappa shape index (κ2) is 10.9. The maximum absolute atomic E-state index is 12.8. The minimum Gasteiger partial charge on any atom is -0.493 e. The molecule has 0 atom stereocenters. The smallest absolute Gasteiger partial charge is 0.253 e. The van der Waals surface area contributed by atoms with E-state index in [0.717, 1.165) is 22.2 Å². The second-order valence-corrected chi connectivity index (χ2v) is 9.43. The van der Waals surface area contributed by atoms with Crippen LogP contribution in [0.1, 0.15) is 21.5 Å². The summed E-state index contributed by atoms with van der Waals surface area (Å²) in [6.45, 7) is 0.369. The van der Waals surface area contributed by atoms with E-state index in [0.29, 0.717) is 57.6 Å². The molecule has 210 valence electrons. The summed E-state index contributed by atoms with van der Waals surface area (Å²) < 4.78 is 18.3. The summed E-state index contributed by atoms with van der Waals surface area (Å²) in [4.78, 5) is 20.7. The second-order valence-electron chi connectivity index (χ2n) is 9.43. The first-order chi connectivity index (χ1) is 20.5. The first-order valence-corrected chi connectivity index (χ1v) is 13.0. The third-order valence-electron chi connectivity index (χ3n) is 7.02. The summed E-state index contributed by atoms with van der Waals surface area (Å²) in [5, 5.41) is 20.0. The largest absolute Gasteiger partial charge is 0.493 e. The van der Waals surface area contributed by atoms with E-state index in [1.165, 1.54) is 0 Å². The van der Waals surface area contributed by atoms with Crippen LogP contribution in [0.25, 0.3) is 27.8 Å². The summed E-state index contributed by atoms with van der Waals surface area (Å²) >= 11 is 0. The number of carbonyl (C=O) groups excluding carboxylic acids is 1. The van der Waals surface area contributed by atoms with Gasteiger partial charge in [-0.2, -0.15) is 5.26 Å². The molecule has 0 aliphatic heterocycles. The maximum Gasteiger partial charge on any atom is 0.253 e. The van der Waals surface area contributed by atoms with Gasteiger partial charge < -0.3 is 29.8 Å². The quantitative estimate of drug-likeness (QED) is 0.186. The van der Waals surface area contributed by atoms with E-state index in [9.17, 15) is 10.1 Å². The van der Waals surface area contributed by atoms with Gasteiger partial charge in [0, 0.05) is 41.1 Å². The van der Waals surface area contributed by atoms with Crippen molar-refractivity contribution in [3.63, 3.8) is 0 Å². The van der Waals surface area contributed by atoms with E-state index in [1.54, 1.807) is 50.4 Å². The number of nitrogens with one attached hydrogen (secondary N) is 4. The number of nitriles is 1. The topological polar surface area (TPSA) is 141 Å². The minimum absolute atomic E-state index is 0.147. The number of ether oxygens (including phenoxy) is 3. The predicted molar refractivity (Wildman–Crippen MR) is 159 cm³/mol. The molecule has 3 heterocycles. The lowest BCUT2D eigenvalue weighted by atomic mass is 10.1. The monoisotopic (exact) mass is 561 g/mol. The number of benzene rings is 3. The number of carbonyl (C=O) groups is 1. The van der Waals surface area contributed by atoms with Gasteiger partial charge in [-0.25, -0.2) is 9.50 Å². The summed E-state index contributed by atoms with van der Waals surface area (Å²) in [5.74, 6) is 1.89. The molecule has 0 saturated heterocycles. The zero-order valence-electron chi connectivity index (χ0n) is 23.1. The Morgan fingerprint density at radius 2 is 1.74 bits per heavy atom. The molecule has 42 heavy (non-hydrogen) atoms. The zero-order chi connectivity index (χ0) is 29.2. The number of anilines is 2. The molecule has 0 fully saturated rings. The molecule has 0 radical (unpaired) electrons. The Bertz CT molecular complexity index is 1940. The van der Waals surface area contributed by atoms with E-state index >= 15 is 0 Å². The molecule has 1 amide bonds. The third kappa shape index (κ3) is 4.61. The maximum atomic E-state index is 12.8. The standard InChI is InChI=1S/C31H27N7O4/c1-40-25-12-19(13-26(41-2)28(25)42-3)27-30(38-29(37-27)20(14-32)16-35-38)36-21-10-8-18(9-11-21)15-34-31(39)23-17-33-24-7-5-4-6-22(23)24/h4-13,16-17,33,35-36H,15H2,1-3H3,(H,34,39). The lowest BCUT2D eigenvalue weighted by molar-refractivity contribution is 0.0952. The molecule has 3 aromatic carbocycles. The number of fused-ring (bicyclic) bond motifs is 2. The lowest BCUT2D eigenvalue weighted by Crippen LogP contribution is -2.22. The van der Waals surface area contributed by atoms with Crippen molar-refractivity contribution in [3.8, 4) is 34.6 Å². The molecular weight excluding hydrogens is 534 g/mol. The lowest BCUT2D eigenvalue weighted by Gasteiger charge is -2.14. The predicted octanol–water partition coefficient (Wildman–Crippen LogP) is 5.38. The molecule has 0 aliphatic rings. The number of rotatable bonds is 9. The number of para-hydroxylation sites is 1. The molecule has 6 rings (SSSR count). The molecule has 0 aliphatic carbocycles. The number of H-pyrrole nitrogens is 2. The van der Waals surface area contributed by atoms with Gasteiger partial charge in [0.05, 0.1) is 26.9 Å². The molecule has 0 saturated carbocycles. The summed E-state index contributed by atoms with van der Waals surface area (Å²) in [6, 6.07) is 21.2. The van der Waals surface area contributed by atoms with Crippen LogP contribution in [-0.4, -0.2) is 46.8 Å². The van der Waals surface area contributed by atoms with E-state index in [2.05, 4.69) is 26.8 Å². The number of aromatic nitrogens is 4. The van der Waals surface area contributed by atoms with Crippen LogP contribution in [0, 0.1) is 11.3 Å². The third-order valence-corrected chi connectivity index (χ3v) is 7.02. The molecule has 4 N–H and O–H groups in total. The average Bonchev–Trinajstić information content (AvgIpc) is 3.74. The Morgan fingerprint density at radius 1 is 1.00 bits per heavy atom. The molecule has 0 spiro atoms. The van der Waals surface area contributed by atoms with Gasteiger partial charge >= 0.3 is 0 Å². The Labute approximate surface area is 240 Å². The molecular formula is C31H27N7O4. The number of amides is 1. The van der Waals surface area contributed by atoms with E-state index < -0.39 is 0 Å². The van der Waals surface area contributed by atoms with Crippen LogP contribution >= 0.6 is 0 Å². The van der Waals surface area contributed by atoms with Crippen molar-refractivity contribution in [2.24, 2.45) is 0 Å². The highest BCUT2D eigenvalue weighted by Gasteiger charge is 2.22. The fourth-order valence-electron chi connectivity index (χ4n) is 4.92. The average molecular weight is 562 g/mol. The number of aromatic amines is 2. The first-order valence-electron chi connectivity index (χ1n) is 13.0. The van der Waals surface area contributed by atoms with Crippen LogP contribution in [0.3, 0.4) is 0 Å². The summed E-state index contributed by atoms with van der Waals surface area (Å²) in [5.41, 5.74) is 5.39. The van der Waals surface area contributed by atoms with Crippen molar-refractivity contribution in [1.82, 2.24) is 24.9 Å². The highest BCUT2D eigenvalue weighted by atomic mass is 16.5. The molecule has 0 unspecified atom stereocenters. The van der Waals surface area contributed by atoms with Crippen LogP contribution in [0.2, 0.25) is 0 Å². The fraction of sp³-hybridized carbons (Fsp3) is 0.129. The molecule has 0 bridgehead atoms. The Kier molecular flexibility index (Phi) is 6.86. The number of hydrogen-bond acceptors (Lipinski definition) is 7. The van der Waals surface area contributed by atoms with Gasteiger partial charge in [0.1, 0.15) is 17.3 Å². The van der Waals surface area contributed by atoms with Crippen molar-refractivity contribution in [2.45, 2.75) is 6.54 Å². The van der Waals surface area contributed by atoms with E-state index in [-0.39, 0.29) is 5.91 Å². The van der Waals surface area contributed by atoms with Crippen molar-refractivity contribution in [1.29, 1.82) is 5.26 Å². The fourth-order valence-corrected chi connectivity index (χ4v) is 4.92. The number of nitrogens with zero attached hydrogens (tertiary/aromatic N) is 3. The number of hydrogen-bond donors (Lipinski definition) is 4. The highest BCUT2D eigenvalue weighted by Crippen LogP contribution is 2.43. The molecule has 11 nitrogen and oxygen atoms in total. The van der Waals surface area contributed by atoms with E-state index in [1.807, 2.05) is 48.5 Å². The summed E-state index contributed by atoms with van der Waals surface area (Å²) in [7, 11) is 4.65. The van der Waals surface area contributed by atoms with Crippen molar-refractivity contribution in [3.05, 3.63) is 89.7 Å². The van der Waals surface area contributed by atoms with Crippen LogP contribution < -0.4 is 24.8 Å². The zero-order valence-corrected chi connectivity index (χ0v) is 23.1. The van der Waals surface area contributed by atoms with Crippen molar-refractivity contribution < 1.29 is 19.0 Å². The normalized spacial score (nSPS) is 10.9. The van der Waals surface area contributed by atoms with Crippen LogP contribution in [0.4, 0.5) is 11.5 Å². The number of imidazole rings is 1. The van der Waals surface area contributed by atoms with Crippen molar-refractivity contribution >= 4 is 34.0 Å². The minimum atomic E-state index is -0.147. The molecule has 11 heteroatoms. The van der Waals surface area contributed by atoms with Crippen molar-refractivity contribution in [2.75, 3.05) is 26.6 Å². The van der Waals surface area contributed by atoms with Gasteiger partial charge in [0.2, 0.25) is 5.75 Å². The Balaban J connectivity index is 1.27. The van der Waals surface area contributed by atoms with Gasteiger partial charge in [-0.15, -0.1) is 0 Å². The van der Waals surface area contributed by atoms with Gasteiger partial charge in [0.15, 0.2) is 23.0 Å². The van der Waals surface area contributed by atoms with Crippen LogP contribution in [0.15, 0.2) is 73.1 Å². The first kappa shape index (κ1) is 26.3. The molecule has 3 aromatic heterocycles. The molecule has 6 aromatic rings. The SMILES string of the molecule is COc1cc(-c2nc3c(C#N)c[nH]n3c2Nc2ccc(CNC(=O)c3c[nH]c4ccccc34)cc2)cc(OC)c1OC. The number of methoxy groups -OCH3 is 3. The van der Waals surface area contributed by atoms with E-state index in [4.69, 9.17) is 19.2 Å².